The van der Waals surface area contributed by atoms with Crippen LogP contribution in [0.5, 0.6) is 0 Å². The summed E-state index contributed by atoms with van der Waals surface area (Å²) >= 11 is 0. The fraction of sp³-hybridized carbons (Fsp3) is 0.500. The van der Waals surface area contributed by atoms with Crippen molar-refractivity contribution >= 4 is 0 Å². The molecule has 1 aromatic carbocycles. The summed E-state index contributed by atoms with van der Waals surface area (Å²) in [5.41, 5.74) is 1.45. The van der Waals surface area contributed by atoms with Crippen LogP contribution in [0.25, 0.3) is 0 Å². The molecule has 1 aliphatic heterocycles. The Morgan fingerprint density at radius 2 is 1.88 bits per heavy atom. The van der Waals surface area contributed by atoms with Gasteiger partial charge in [-0.1, -0.05) is 12.1 Å². The molecule has 3 nitrogen and oxygen atoms in total. The summed E-state index contributed by atoms with van der Waals surface area (Å²) in [6.07, 6.45) is 1.67. The summed E-state index contributed by atoms with van der Waals surface area (Å²) in [4.78, 5) is 2.35. The first-order valence-corrected chi connectivity index (χ1v) is 6.03. The average Bonchev–Trinajstić information content (AvgIpc) is 2.33. The number of nitriles is 1. The second-order valence-corrected chi connectivity index (χ2v) is 5.08. The zero-order chi connectivity index (χ0) is 12.3. The number of aliphatic hydroxyl groups is 1. The molecular formula is C14H18N2O. The first-order valence-electron chi connectivity index (χ1n) is 6.03. The molecular weight excluding hydrogens is 212 g/mol. The minimum atomic E-state index is -0.485. The Labute approximate surface area is 102 Å². The van der Waals surface area contributed by atoms with Crippen LogP contribution in [-0.4, -0.2) is 28.7 Å². The maximum absolute atomic E-state index is 9.86. The first-order chi connectivity index (χ1) is 8.09. The van der Waals surface area contributed by atoms with Crippen molar-refractivity contribution in [1.29, 1.82) is 5.26 Å². The van der Waals surface area contributed by atoms with Gasteiger partial charge in [0.25, 0.3) is 0 Å². The largest absolute Gasteiger partial charge is 0.390 e. The number of likely N-dealkylation sites (tertiary alicyclic amines) is 1. The van der Waals surface area contributed by atoms with E-state index in [1.54, 1.807) is 0 Å². The second kappa shape index (κ2) is 4.87. The van der Waals surface area contributed by atoms with Gasteiger partial charge >= 0.3 is 0 Å². The quantitative estimate of drug-likeness (QED) is 0.844. The van der Waals surface area contributed by atoms with Crippen LogP contribution < -0.4 is 0 Å². The molecule has 2 rings (SSSR count). The molecule has 1 N–H and O–H groups in total. The third-order valence-electron chi connectivity index (χ3n) is 3.42. The molecule has 0 saturated carbocycles. The number of hydrogen-bond donors (Lipinski definition) is 1. The van der Waals surface area contributed by atoms with Gasteiger partial charge in [0.2, 0.25) is 0 Å². The van der Waals surface area contributed by atoms with Crippen LogP contribution in [0.1, 0.15) is 30.9 Å². The number of benzene rings is 1. The molecule has 1 aliphatic rings. The summed E-state index contributed by atoms with van der Waals surface area (Å²) in [5, 5.41) is 18.6. The van der Waals surface area contributed by atoms with E-state index in [4.69, 9.17) is 5.26 Å². The zero-order valence-corrected chi connectivity index (χ0v) is 10.2. The van der Waals surface area contributed by atoms with Crippen molar-refractivity contribution in [2.45, 2.75) is 31.9 Å². The number of piperidine rings is 1. The molecule has 0 spiro atoms. The lowest BCUT2D eigenvalue weighted by atomic mass is 9.93. The first kappa shape index (κ1) is 12.1. The molecule has 0 radical (unpaired) electrons. The summed E-state index contributed by atoms with van der Waals surface area (Å²) in [6, 6.07) is 9.85. The Morgan fingerprint density at radius 3 is 2.41 bits per heavy atom. The van der Waals surface area contributed by atoms with Crippen LogP contribution in [0.4, 0.5) is 0 Å². The van der Waals surface area contributed by atoms with Gasteiger partial charge in [-0.15, -0.1) is 0 Å². The van der Waals surface area contributed by atoms with Crippen LogP contribution >= 0.6 is 0 Å². The molecule has 0 aromatic heterocycles. The molecule has 90 valence electrons. The molecule has 17 heavy (non-hydrogen) atoms. The highest BCUT2D eigenvalue weighted by Crippen LogP contribution is 2.22. The Hall–Kier alpha value is -1.37. The molecule has 3 heteroatoms. The Kier molecular flexibility index (Phi) is 3.46. The predicted octanol–water partition coefficient (Wildman–Crippen LogP) is 1.91. The van der Waals surface area contributed by atoms with Crippen molar-refractivity contribution in [3.05, 3.63) is 35.4 Å². The van der Waals surface area contributed by atoms with Crippen molar-refractivity contribution in [3.8, 4) is 6.07 Å². The molecule has 0 atom stereocenters. The van der Waals surface area contributed by atoms with Gasteiger partial charge in [0.15, 0.2) is 0 Å². The lowest BCUT2D eigenvalue weighted by molar-refractivity contribution is -0.00729. The van der Waals surface area contributed by atoms with Crippen LogP contribution in [0, 0.1) is 11.3 Å². The van der Waals surface area contributed by atoms with E-state index in [-0.39, 0.29) is 0 Å². The molecule has 1 saturated heterocycles. The van der Waals surface area contributed by atoms with Crippen LogP contribution in [-0.2, 0) is 6.54 Å². The van der Waals surface area contributed by atoms with Gasteiger partial charge in [0, 0.05) is 19.6 Å². The van der Waals surface area contributed by atoms with Crippen LogP contribution in [0.15, 0.2) is 24.3 Å². The molecule has 1 heterocycles. The second-order valence-electron chi connectivity index (χ2n) is 5.08. The van der Waals surface area contributed by atoms with E-state index in [9.17, 15) is 5.11 Å². The van der Waals surface area contributed by atoms with Gasteiger partial charge in [-0.2, -0.15) is 5.26 Å². The van der Waals surface area contributed by atoms with Crippen LogP contribution in [0.3, 0.4) is 0 Å². The highest BCUT2D eigenvalue weighted by molar-refractivity contribution is 5.31. The SMILES string of the molecule is CC1(O)CCN(Cc2ccc(C#N)cc2)CC1. The zero-order valence-electron chi connectivity index (χ0n) is 10.2. The van der Waals surface area contributed by atoms with E-state index in [0.717, 1.165) is 32.5 Å². The standard InChI is InChI=1S/C14H18N2O/c1-14(17)6-8-16(9-7-14)11-13-4-2-12(10-15)3-5-13/h2-5,17H,6-9,11H2,1H3. The van der Waals surface area contributed by atoms with E-state index in [1.807, 2.05) is 31.2 Å². The van der Waals surface area contributed by atoms with E-state index in [2.05, 4.69) is 11.0 Å². The molecule has 0 bridgehead atoms. The molecule has 1 aromatic rings. The van der Waals surface area contributed by atoms with Crippen molar-refractivity contribution in [1.82, 2.24) is 4.90 Å². The topological polar surface area (TPSA) is 47.3 Å². The van der Waals surface area contributed by atoms with E-state index >= 15 is 0 Å². The molecule has 0 amide bonds. The van der Waals surface area contributed by atoms with Crippen molar-refractivity contribution < 1.29 is 5.11 Å². The van der Waals surface area contributed by atoms with Crippen molar-refractivity contribution in [2.24, 2.45) is 0 Å². The number of rotatable bonds is 2. The average molecular weight is 230 g/mol. The summed E-state index contributed by atoms with van der Waals surface area (Å²) in [6.45, 7) is 4.69. The predicted molar refractivity (Wildman–Crippen MR) is 66.3 cm³/mol. The van der Waals surface area contributed by atoms with Gasteiger partial charge in [-0.25, -0.2) is 0 Å². The molecule has 0 aliphatic carbocycles. The Bertz CT molecular complexity index is 407. The summed E-state index contributed by atoms with van der Waals surface area (Å²) in [5.74, 6) is 0. The van der Waals surface area contributed by atoms with Gasteiger partial charge in [0.05, 0.1) is 17.2 Å². The van der Waals surface area contributed by atoms with Crippen molar-refractivity contribution in [2.75, 3.05) is 13.1 Å². The lowest BCUT2D eigenvalue weighted by Crippen LogP contribution is -2.41. The van der Waals surface area contributed by atoms with Gasteiger partial charge < -0.3 is 5.11 Å². The molecule has 1 fully saturated rings. The monoisotopic (exact) mass is 230 g/mol. The minimum absolute atomic E-state index is 0.485. The third kappa shape index (κ3) is 3.29. The highest BCUT2D eigenvalue weighted by atomic mass is 16.3. The Morgan fingerprint density at radius 1 is 1.29 bits per heavy atom. The van der Waals surface area contributed by atoms with Gasteiger partial charge in [-0.3, -0.25) is 4.90 Å². The van der Waals surface area contributed by atoms with Crippen molar-refractivity contribution in [3.63, 3.8) is 0 Å². The third-order valence-corrected chi connectivity index (χ3v) is 3.42. The number of nitrogens with zero attached hydrogens (tertiary/aromatic N) is 2. The van der Waals surface area contributed by atoms with E-state index < -0.39 is 5.60 Å². The van der Waals surface area contributed by atoms with E-state index in [0.29, 0.717) is 5.56 Å². The smallest absolute Gasteiger partial charge is 0.0991 e. The maximum atomic E-state index is 9.86. The van der Waals surface area contributed by atoms with Crippen LogP contribution in [0.2, 0.25) is 0 Å². The Balaban J connectivity index is 1.91. The maximum Gasteiger partial charge on any atom is 0.0991 e. The summed E-state index contributed by atoms with van der Waals surface area (Å²) in [7, 11) is 0. The fourth-order valence-electron chi connectivity index (χ4n) is 2.14. The van der Waals surface area contributed by atoms with Gasteiger partial charge in [-0.05, 0) is 37.5 Å². The minimum Gasteiger partial charge on any atom is -0.390 e. The van der Waals surface area contributed by atoms with Gasteiger partial charge in [0.1, 0.15) is 0 Å². The fourth-order valence-corrected chi connectivity index (χ4v) is 2.14. The number of hydrogen-bond acceptors (Lipinski definition) is 3. The lowest BCUT2D eigenvalue weighted by Gasteiger charge is -2.35. The molecule has 0 unspecified atom stereocenters. The summed E-state index contributed by atoms with van der Waals surface area (Å²) < 4.78 is 0. The normalized spacial score (nSPS) is 19.8. The van der Waals surface area contributed by atoms with E-state index in [1.165, 1.54) is 5.56 Å². The highest BCUT2D eigenvalue weighted by Gasteiger charge is 2.26.